The molecule has 20 heavy (non-hydrogen) atoms. The summed E-state index contributed by atoms with van der Waals surface area (Å²) < 4.78 is 0. The topological polar surface area (TPSA) is 96.2 Å². The smallest absolute Gasteiger partial charge is 0.221 e. The zero-order chi connectivity index (χ0) is 15.1. The number of nitrogens with two attached hydrogens (primary N) is 1. The molecule has 1 aromatic heterocycles. The Morgan fingerprint density at radius 3 is 2.65 bits per heavy atom. The lowest BCUT2D eigenvalue weighted by molar-refractivity contribution is -0.120. The number of carbonyl (C=O) groups is 1. The molecule has 0 bridgehead atoms. The van der Waals surface area contributed by atoms with Crippen molar-refractivity contribution in [1.29, 1.82) is 0 Å². The second-order valence-corrected chi connectivity index (χ2v) is 4.68. The van der Waals surface area contributed by atoms with Crippen LogP contribution in [0.15, 0.2) is 0 Å². The SMILES string of the molecule is CCCc1nc(NN)c(C)c(N(C)CCC(=O)NC)n1. The van der Waals surface area contributed by atoms with Crippen LogP contribution in [-0.4, -0.2) is 36.5 Å². The number of hydrogen-bond acceptors (Lipinski definition) is 6. The lowest BCUT2D eigenvalue weighted by Gasteiger charge is -2.21. The molecule has 1 aromatic rings. The van der Waals surface area contributed by atoms with Crippen molar-refractivity contribution in [3.63, 3.8) is 0 Å². The summed E-state index contributed by atoms with van der Waals surface area (Å²) in [6, 6.07) is 0. The van der Waals surface area contributed by atoms with Gasteiger partial charge in [-0.05, 0) is 13.3 Å². The molecule has 0 saturated carbocycles. The predicted molar refractivity (Wildman–Crippen MR) is 80.5 cm³/mol. The number of hydrogen-bond donors (Lipinski definition) is 3. The molecule has 0 spiro atoms. The van der Waals surface area contributed by atoms with Crippen LogP contribution >= 0.6 is 0 Å². The average Bonchev–Trinajstić information content (AvgIpc) is 2.46. The van der Waals surface area contributed by atoms with E-state index in [0.717, 1.165) is 30.0 Å². The summed E-state index contributed by atoms with van der Waals surface area (Å²) in [5.41, 5.74) is 3.49. The third kappa shape index (κ3) is 4.06. The van der Waals surface area contributed by atoms with Crippen LogP contribution in [0.3, 0.4) is 0 Å². The highest BCUT2D eigenvalue weighted by molar-refractivity contribution is 5.76. The molecular weight excluding hydrogens is 256 g/mol. The van der Waals surface area contributed by atoms with Crippen LogP contribution in [-0.2, 0) is 11.2 Å². The minimum Gasteiger partial charge on any atom is -0.359 e. The molecule has 0 fully saturated rings. The molecule has 1 heterocycles. The Bertz CT molecular complexity index is 462. The standard InChI is InChI=1S/C13H24N6O/c1-5-6-10-16-12(18-14)9(2)13(17-10)19(4)8-7-11(20)15-3/h5-8,14H2,1-4H3,(H,15,20)(H,16,17,18). The van der Waals surface area contributed by atoms with Gasteiger partial charge in [-0.2, -0.15) is 0 Å². The van der Waals surface area contributed by atoms with Crippen LogP contribution in [0.5, 0.6) is 0 Å². The highest BCUT2D eigenvalue weighted by Crippen LogP contribution is 2.22. The number of aryl methyl sites for hydroxylation is 1. The first-order valence-electron chi connectivity index (χ1n) is 6.79. The molecule has 0 aromatic carbocycles. The van der Waals surface area contributed by atoms with E-state index in [2.05, 4.69) is 27.6 Å². The van der Waals surface area contributed by atoms with Crippen molar-refractivity contribution in [2.45, 2.75) is 33.1 Å². The first-order chi connectivity index (χ1) is 9.53. The number of anilines is 2. The molecule has 0 unspecified atom stereocenters. The van der Waals surface area contributed by atoms with Gasteiger partial charge in [0.05, 0.1) is 0 Å². The molecule has 0 aliphatic heterocycles. The third-order valence-electron chi connectivity index (χ3n) is 3.09. The number of hydrazine groups is 1. The van der Waals surface area contributed by atoms with Gasteiger partial charge in [0.15, 0.2) is 0 Å². The Hall–Kier alpha value is -1.89. The average molecular weight is 280 g/mol. The monoisotopic (exact) mass is 280 g/mol. The van der Waals surface area contributed by atoms with Crippen LogP contribution in [0, 0.1) is 6.92 Å². The van der Waals surface area contributed by atoms with E-state index >= 15 is 0 Å². The molecular formula is C13H24N6O. The van der Waals surface area contributed by atoms with E-state index in [1.54, 1.807) is 7.05 Å². The molecule has 7 nitrogen and oxygen atoms in total. The van der Waals surface area contributed by atoms with Crippen molar-refractivity contribution in [3.05, 3.63) is 11.4 Å². The van der Waals surface area contributed by atoms with Crippen LogP contribution in [0.4, 0.5) is 11.6 Å². The van der Waals surface area contributed by atoms with Crippen LogP contribution in [0.1, 0.15) is 31.2 Å². The van der Waals surface area contributed by atoms with Gasteiger partial charge in [-0.1, -0.05) is 6.92 Å². The molecule has 0 radical (unpaired) electrons. The maximum absolute atomic E-state index is 11.3. The summed E-state index contributed by atoms with van der Waals surface area (Å²) in [6.45, 7) is 4.58. The van der Waals surface area contributed by atoms with Gasteiger partial charge < -0.3 is 15.6 Å². The summed E-state index contributed by atoms with van der Waals surface area (Å²) in [6.07, 6.45) is 2.19. The Labute approximate surface area is 119 Å². The summed E-state index contributed by atoms with van der Waals surface area (Å²) >= 11 is 0. The lowest BCUT2D eigenvalue weighted by atomic mass is 10.2. The van der Waals surface area contributed by atoms with E-state index in [0.29, 0.717) is 18.8 Å². The Morgan fingerprint density at radius 1 is 1.40 bits per heavy atom. The minimum absolute atomic E-state index is 0.00881. The lowest BCUT2D eigenvalue weighted by Crippen LogP contribution is -2.28. The number of amides is 1. The van der Waals surface area contributed by atoms with Crippen molar-refractivity contribution in [3.8, 4) is 0 Å². The largest absolute Gasteiger partial charge is 0.359 e. The van der Waals surface area contributed by atoms with Crippen LogP contribution < -0.4 is 21.5 Å². The summed E-state index contributed by atoms with van der Waals surface area (Å²) in [4.78, 5) is 22.2. The van der Waals surface area contributed by atoms with Gasteiger partial charge in [-0.3, -0.25) is 4.79 Å². The normalized spacial score (nSPS) is 10.2. The Kier molecular flexibility index (Phi) is 6.17. The van der Waals surface area contributed by atoms with Gasteiger partial charge in [0, 0.05) is 39.0 Å². The Morgan fingerprint density at radius 2 is 2.10 bits per heavy atom. The summed E-state index contributed by atoms with van der Waals surface area (Å²) in [5.74, 6) is 7.71. The fraction of sp³-hybridized carbons (Fsp3) is 0.615. The van der Waals surface area contributed by atoms with Crippen LogP contribution in [0.2, 0.25) is 0 Å². The van der Waals surface area contributed by atoms with Crippen molar-refractivity contribution in [1.82, 2.24) is 15.3 Å². The van der Waals surface area contributed by atoms with Crippen molar-refractivity contribution in [2.75, 3.05) is 31.0 Å². The molecule has 0 aliphatic rings. The molecule has 0 aliphatic carbocycles. The fourth-order valence-electron chi connectivity index (χ4n) is 1.90. The maximum Gasteiger partial charge on any atom is 0.221 e. The number of aromatic nitrogens is 2. The quantitative estimate of drug-likeness (QED) is 0.500. The zero-order valence-corrected chi connectivity index (χ0v) is 12.7. The van der Waals surface area contributed by atoms with Gasteiger partial charge in [-0.15, -0.1) is 0 Å². The van der Waals surface area contributed by atoms with Crippen molar-refractivity contribution < 1.29 is 4.79 Å². The highest BCUT2D eigenvalue weighted by Gasteiger charge is 2.14. The number of nitrogens with zero attached hydrogens (tertiary/aromatic N) is 3. The van der Waals surface area contributed by atoms with E-state index in [4.69, 9.17) is 5.84 Å². The van der Waals surface area contributed by atoms with Gasteiger partial charge >= 0.3 is 0 Å². The van der Waals surface area contributed by atoms with E-state index in [1.807, 2.05) is 18.9 Å². The van der Waals surface area contributed by atoms with E-state index in [-0.39, 0.29) is 5.91 Å². The second-order valence-electron chi connectivity index (χ2n) is 4.68. The number of rotatable bonds is 7. The minimum atomic E-state index is 0.00881. The molecule has 1 rings (SSSR count). The number of carbonyl (C=O) groups excluding carboxylic acids is 1. The van der Waals surface area contributed by atoms with E-state index in [1.165, 1.54) is 0 Å². The summed E-state index contributed by atoms with van der Waals surface area (Å²) in [5, 5.41) is 2.61. The Balaban J connectivity index is 2.96. The van der Waals surface area contributed by atoms with E-state index in [9.17, 15) is 4.79 Å². The first-order valence-corrected chi connectivity index (χ1v) is 6.79. The number of nitrogen functional groups attached to an aromatic ring is 1. The van der Waals surface area contributed by atoms with E-state index < -0.39 is 0 Å². The highest BCUT2D eigenvalue weighted by atomic mass is 16.1. The third-order valence-corrected chi connectivity index (χ3v) is 3.09. The molecule has 4 N–H and O–H groups in total. The molecule has 0 atom stereocenters. The van der Waals surface area contributed by atoms with Gasteiger partial charge in [-0.25, -0.2) is 15.8 Å². The summed E-state index contributed by atoms with van der Waals surface area (Å²) in [7, 11) is 3.54. The number of nitrogens with one attached hydrogen (secondary N) is 2. The fourth-order valence-corrected chi connectivity index (χ4v) is 1.90. The predicted octanol–water partition coefficient (Wildman–Crippen LogP) is 0.595. The zero-order valence-electron chi connectivity index (χ0n) is 12.7. The molecule has 1 amide bonds. The molecule has 7 heteroatoms. The van der Waals surface area contributed by atoms with Gasteiger partial charge in [0.25, 0.3) is 0 Å². The second kappa shape index (κ2) is 7.64. The van der Waals surface area contributed by atoms with Crippen molar-refractivity contribution >= 4 is 17.5 Å². The van der Waals surface area contributed by atoms with Gasteiger partial charge in [0.2, 0.25) is 5.91 Å². The van der Waals surface area contributed by atoms with Gasteiger partial charge in [0.1, 0.15) is 17.5 Å². The van der Waals surface area contributed by atoms with Crippen molar-refractivity contribution in [2.24, 2.45) is 5.84 Å². The molecule has 0 saturated heterocycles. The molecule has 112 valence electrons. The maximum atomic E-state index is 11.3. The van der Waals surface area contributed by atoms with Crippen LogP contribution in [0.25, 0.3) is 0 Å². The first kappa shape index (κ1) is 16.2.